The van der Waals surface area contributed by atoms with Gasteiger partial charge < -0.3 is 0 Å². The van der Waals surface area contributed by atoms with Gasteiger partial charge in [-0.15, -0.1) is 0 Å². The molecule has 2 rings (SSSR count). The first kappa shape index (κ1) is 10.8. The Morgan fingerprint density at radius 3 is 2.50 bits per heavy atom. The maximum atomic E-state index is 13.0. The molecule has 1 heterocycles. The van der Waals surface area contributed by atoms with Gasteiger partial charge in [0.1, 0.15) is 5.82 Å². The second-order valence-corrected chi connectivity index (χ2v) is 3.81. The van der Waals surface area contributed by atoms with Crippen LogP contribution in [0.4, 0.5) is 4.39 Å². The third-order valence-corrected chi connectivity index (χ3v) is 2.51. The largest absolute Gasteiger partial charge is 0.256 e. The zero-order valence-corrected chi connectivity index (χ0v) is 9.28. The predicted octanol–water partition coefficient (Wildman–Crippen LogP) is 3.84. The maximum Gasteiger partial charge on any atom is 0.126 e. The van der Waals surface area contributed by atoms with Gasteiger partial charge in [0.15, 0.2) is 0 Å². The fraction of sp³-hybridized carbons (Fsp3) is 0.214. The number of pyridine rings is 1. The molecule has 0 atom stereocenters. The quantitative estimate of drug-likeness (QED) is 0.758. The molecule has 0 aliphatic carbocycles. The highest BCUT2D eigenvalue weighted by Gasteiger charge is 2.00. The zero-order chi connectivity index (χ0) is 11.4. The van der Waals surface area contributed by atoms with Gasteiger partial charge in [-0.05, 0) is 18.1 Å². The smallest absolute Gasteiger partial charge is 0.126 e. The summed E-state index contributed by atoms with van der Waals surface area (Å²) in [6, 6.07) is 10.9. The SMILES string of the molecule is CCCc1ccc(-c2cc(F)ccn2)cc1. The molecule has 0 amide bonds. The normalized spacial score (nSPS) is 10.4. The van der Waals surface area contributed by atoms with Crippen molar-refractivity contribution in [1.29, 1.82) is 0 Å². The molecular weight excluding hydrogens is 201 g/mol. The molecule has 1 aromatic carbocycles. The van der Waals surface area contributed by atoms with Crippen LogP contribution in [0.2, 0.25) is 0 Å². The highest BCUT2D eigenvalue weighted by Crippen LogP contribution is 2.18. The van der Waals surface area contributed by atoms with E-state index in [2.05, 4.69) is 24.0 Å². The number of rotatable bonds is 3. The first-order valence-electron chi connectivity index (χ1n) is 5.50. The highest BCUT2D eigenvalue weighted by molar-refractivity contribution is 5.59. The molecule has 0 radical (unpaired) electrons. The van der Waals surface area contributed by atoms with Crippen LogP contribution in [0.5, 0.6) is 0 Å². The van der Waals surface area contributed by atoms with Crippen LogP contribution >= 0.6 is 0 Å². The Morgan fingerprint density at radius 2 is 1.88 bits per heavy atom. The van der Waals surface area contributed by atoms with Crippen molar-refractivity contribution in [3.63, 3.8) is 0 Å². The first-order chi connectivity index (χ1) is 7.79. The first-order valence-corrected chi connectivity index (χ1v) is 5.50. The summed E-state index contributed by atoms with van der Waals surface area (Å²) in [5.41, 5.74) is 2.95. The van der Waals surface area contributed by atoms with Gasteiger partial charge in [0, 0.05) is 17.8 Å². The van der Waals surface area contributed by atoms with Gasteiger partial charge in [0.05, 0.1) is 5.69 Å². The number of hydrogen-bond acceptors (Lipinski definition) is 1. The maximum absolute atomic E-state index is 13.0. The van der Waals surface area contributed by atoms with E-state index >= 15 is 0 Å². The van der Waals surface area contributed by atoms with Crippen LogP contribution in [-0.4, -0.2) is 4.98 Å². The van der Waals surface area contributed by atoms with Crippen molar-refractivity contribution < 1.29 is 4.39 Å². The van der Waals surface area contributed by atoms with Gasteiger partial charge in [0.2, 0.25) is 0 Å². The summed E-state index contributed by atoms with van der Waals surface area (Å²) in [6.07, 6.45) is 3.71. The summed E-state index contributed by atoms with van der Waals surface area (Å²) in [7, 11) is 0. The minimum atomic E-state index is -0.248. The summed E-state index contributed by atoms with van der Waals surface area (Å²) in [6.45, 7) is 2.15. The van der Waals surface area contributed by atoms with Crippen LogP contribution < -0.4 is 0 Å². The topological polar surface area (TPSA) is 12.9 Å². The number of nitrogens with zero attached hydrogens (tertiary/aromatic N) is 1. The minimum absolute atomic E-state index is 0.248. The molecule has 1 aromatic heterocycles. The average molecular weight is 215 g/mol. The van der Waals surface area contributed by atoms with E-state index in [1.165, 1.54) is 23.9 Å². The van der Waals surface area contributed by atoms with Crippen LogP contribution in [0.25, 0.3) is 11.3 Å². The van der Waals surface area contributed by atoms with Crippen molar-refractivity contribution in [1.82, 2.24) is 4.98 Å². The summed E-state index contributed by atoms with van der Waals surface area (Å²) >= 11 is 0. The van der Waals surface area contributed by atoms with E-state index in [1.54, 1.807) is 0 Å². The molecule has 2 heteroatoms. The Kier molecular flexibility index (Phi) is 3.30. The van der Waals surface area contributed by atoms with Crippen molar-refractivity contribution in [3.8, 4) is 11.3 Å². The molecule has 0 saturated carbocycles. The molecule has 0 aliphatic rings. The molecule has 0 saturated heterocycles. The van der Waals surface area contributed by atoms with E-state index in [9.17, 15) is 4.39 Å². The van der Waals surface area contributed by atoms with E-state index in [-0.39, 0.29) is 5.82 Å². The van der Waals surface area contributed by atoms with Crippen LogP contribution in [0.3, 0.4) is 0 Å². The standard InChI is InChI=1S/C14H14FN/c1-2-3-11-4-6-12(7-5-11)14-10-13(15)8-9-16-14/h4-10H,2-3H2,1H3. The van der Waals surface area contributed by atoms with Gasteiger partial charge in [-0.3, -0.25) is 4.98 Å². The molecule has 16 heavy (non-hydrogen) atoms. The number of aryl methyl sites for hydroxylation is 1. The lowest BCUT2D eigenvalue weighted by Gasteiger charge is -2.02. The van der Waals surface area contributed by atoms with Crippen molar-refractivity contribution in [2.45, 2.75) is 19.8 Å². The monoisotopic (exact) mass is 215 g/mol. The molecule has 0 aliphatic heterocycles. The van der Waals surface area contributed by atoms with Crippen molar-refractivity contribution in [3.05, 3.63) is 54.0 Å². The minimum Gasteiger partial charge on any atom is -0.256 e. The molecule has 0 bridgehead atoms. The Bertz CT molecular complexity index is 462. The molecule has 0 unspecified atom stereocenters. The van der Waals surface area contributed by atoms with Gasteiger partial charge >= 0.3 is 0 Å². The predicted molar refractivity (Wildman–Crippen MR) is 63.6 cm³/mol. The van der Waals surface area contributed by atoms with Crippen molar-refractivity contribution >= 4 is 0 Å². The highest BCUT2D eigenvalue weighted by atomic mass is 19.1. The molecular formula is C14H14FN. The second-order valence-electron chi connectivity index (χ2n) is 3.81. The Balaban J connectivity index is 2.27. The summed E-state index contributed by atoms with van der Waals surface area (Å²) in [5, 5.41) is 0. The third-order valence-electron chi connectivity index (χ3n) is 2.51. The number of halogens is 1. The fourth-order valence-electron chi connectivity index (χ4n) is 1.69. The molecule has 82 valence electrons. The fourth-order valence-corrected chi connectivity index (χ4v) is 1.69. The van der Waals surface area contributed by atoms with E-state index in [0.29, 0.717) is 5.69 Å². The molecule has 0 fully saturated rings. The summed E-state index contributed by atoms with van der Waals surface area (Å²) in [5.74, 6) is -0.248. The van der Waals surface area contributed by atoms with E-state index in [0.717, 1.165) is 18.4 Å². The number of benzene rings is 1. The van der Waals surface area contributed by atoms with Gasteiger partial charge in [0.25, 0.3) is 0 Å². The molecule has 0 N–H and O–H groups in total. The Labute approximate surface area is 95.0 Å². The summed E-state index contributed by atoms with van der Waals surface area (Å²) < 4.78 is 13.0. The van der Waals surface area contributed by atoms with Crippen LogP contribution in [-0.2, 0) is 6.42 Å². The zero-order valence-electron chi connectivity index (χ0n) is 9.28. The molecule has 2 aromatic rings. The van der Waals surface area contributed by atoms with Crippen molar-refractivity contribution in [2.24, 2.45) is 0 Å². The lowest BCUT2D eigenvalue weighted by molar-refractivity contribution is 0.626. The third kappa shape index (κ3) is 2.45. The van der Waals surface area contributed by atoms with E-state index in [1.807, 2.05) is 12.1 Å². The van der Waals surface area contributed by atoms with Gasteiger partial charge in [-0.2, -0.15) is 0 Å². The second kappa shape index (κ2) is 4.88. The van der Waals surface area contributed by atoms with Gasteiger partial charge in [-0.1, -0.05) is 37.6 Å². The average Bonchev–Trinajstić information content (AvgIpc) is 2.30. The van der Waals surface area contributed by atoms with Crippen LogP contribution in [0, 0.1) is 5.82 Å². The van der Waals surface area contributed by atoms with Gasteiger partial charge in [-0.25, -0.2) is 4.39 Å². The number of hydrogen-bond donors (Lipinski definition) is 0. The number of aromatic nitrogens is 1. The molecule has 1 nitrogen and oxygen atoms in total. The Morgan fingerprint density at radius 1 is 1.12 bits per heavy atom. The van der Waals surface area contributed by atoms with E-state index in [4.69, 9.17) is 0 Å². The lowest BCUT2D eigenvalue weighted by atomic mass is 10.1. The summed E-state index contributed by atoms with van der Waals surface area (Å²) in [4.78, 5) is 4.15. The van der Waals surface area contributed by atoms with Crippen molar-refractivity contribution in [2.75, 3.05) is 0 Å². The lowest BCUT2D eigenvalue weighted by Crippen LogP contribution is -1.86. The van der Waals surface area contributed by atoms with Crippen LogP contribution in [0.1, 0.15) is 18.9 Å². The molecule has 0 spiro atoms. The Hall–Kier alpha value is -1.70. The van der Waals surface area contributed by atoms with E-state index < -0.39 is 0 Å². The van der Waals surface area contributed by atoms with Crippen LogP contribution in [0.15, 0.2) is 42.6 Å².